The lowest BCUT2D eigenvalue weighted by Crippen LogP contribution is -2.58. The van der Waals surface area contributed by atoms with E-state index in [1.165, 1.54) is 0 Å². The van der Waals surface area contributed by atoms with E-state index in [9.17, 15) is 19.5 Å². The maximum atomic E-state index is 14.5. The Bertz CT molecular complexity index is 967. The summed E-state index contributed by atoms with van der Waals surface area (Å²) in [5.74, 6) is -1.17. The molecule has 4 aliphatic rings. The number of hydrogen-bond donors (Lipinski definition) is 1. The first-order chi connectivity index (χ1) is 17.6. The van der Waals surface area contributed by atoms with Crippen molar-refractivity contribution in [1.29, 1.82) is 0 Å². The summed E-state index contributed by atoms with van der Waals surface area (Å²) in [6.45, 7) is 13.9. The van der Waals surface area contributed by atoms with Crippen molar-refractivity contribution < 1.29 is 19.5 Å². The SMILES string of the molecule is CCCC(C)N1CC=C[C@]23S[C@@]4(C)C=CCN(CCC)C(=O)[C@H]4[C@H]2C(=O)N([C@@H](CO)CC(C)C)C3C1=O. The third-order valence-electron chi connectivity index (χ3n) is 8.69. The minimum absolute atomic E-state index is 0.00314. The highest BCUT2D eigenvalue weighted by molar-refractivity contribution is 8.02. The first kappa shape index (κ1) is 28.2. The lowest BCUT2D eigenvalue weighted by Gasteiger charge is -2.41. The molecule has 206 valence electrons. The van der Waals surface area contributed by atoms with Gasteiger partial charge < -0.3 is 19.8 Å². The van der Waals surface area contributed by atoms with E-state index < -0.39 is 33.4 Å². The Labute approximate surface area is 226 Å². The zero-order chi connectivity index (χ0) is 27.1. The van der Waals surface area contributed by atoms with Gasteiger partial charge in [-0.3, -0.25) is 14.4 Å². The van der Waals surface area contributed by atoms with Crippen LogP contribution in [0.15, 0.2) is 24.3 Å². The van der Waals surface area contributed by atoms with Gasteiger partial charge in [-0.1, -0.05) is 58.4 Å². The number of hydrogen-bond acceptors (Lipinski definition) is 5. The summed E-state index contributed by atoms with van der Waals surface area (Å²) in [5.41, 5.74) is 0. The lowest BCUT2D eigenvalue weighted by atomic mass is 9.74. The van der Waals surface area contributed by atoms with E-state index in [4.69, 9.17) is 0 Å². The molecule has 2 unspecified atom stereocenters. The van der Waals surface area contributed by atoms with Crippen LogP contribution in [0.3, 0.4) is 0 Å². The summed E-state index contributed by atoms with van der Waals surface area (Å²) >= 11 is 1.62. The second kappa shape index (κ2) is 10.8. The smallest absolute Gasteiger partial charge is 0.247 e. The van der Waals surface area contributed by atoms with Crippen molar-refractivity contribution in [1.82, 2.24) is 14.7 Å². The molecule has 2 saturated heterocycles. The van der Waals surface area contributed by atoms with Crippen LogP contribution in [-0.4, -0.2) is 91.4 Å². The number of amides is 3. The molecule has 4 rings (SSSR count). The molecule has 0 aromatic rings. The molecular formula is C29H45N3O4S. The third-order valence-corrected chi connectivity index (χ3v) is 10.5. The van der Waals surface area contributed by atoms with Gasteiger partial charge in [-0.25, -0.2) is 0 Å². The van der Waals surface area contributed by atoms with E-state index >= 15 is 0 Å². The van der Waals surface area contributed by atoms with Gasteiger partial charge in [-0.05, 0) is 39.0 Å². The predicted molar refractivity (Wildman–Crippen MR) is 148 cm³/mol. The molecule has 7 nitrogen and oxygen atoms in total. The third kappa shape index (κ3) is 4.56. The summed E-state index contributed by atoms with van der Waals surface area (Å²) in [6.07, 6.45) is 11.6. The molecule has 0 aromatic heterocycles. The Morgan fingerprint density at radius 2 is 1.70 bits per heavy atom. The van der Waals surface area contributed by atoms with E-state index in [1.807, 2.05) is 15.9 Å². The van der Waals surface area contributed by atoms with Gasteiger partial charge in [0.1, 0.15) is 6.04 Å². The normalized spacial score (nSPS) is 35.0. The fraction of sp³-hybridized carbons (Fsp3) is 0.759. The van der Waals surface area contributed by atoms with Crippen molar-refractivity contribution >= 4 is 29.5 Å². The maximum Gasteiger partial charge on any atom is 0.247 e. The van der Waals surface area contributed by atoms with Crippen LogP contribution in [0.5, 0.6) is 0 Å². The highest BCUT2D eigenvalue weighted by atomic mass is 32.2. The Balaban J connectivity index is 1.87. The molecule has 37 heavy (non-hydrogen) atoms. The Morgan fingerprint density at radius 1 is 1.00 bits per heavy atom. The molecule has 0 saturated carbocycles. The Morgan fingerprint density at radius 3 is 2.32 bits per heavy atom. The number of fused-ring (bicyclic) bond motifs is 2. The van der Waals surface area contributed by atoms with Crippen LogP contribution in [0, 0.1) is 17.8 Å². The standard InChI is InChI=1S/C29H45N3O4S/c1-7-11-20(5)31-16-10-13-29-23(22-25(34)30(14-8-2)15-9-12-28(22,6)37-29)26(35)32(24(29)27(31)36)21(18-33)17-19(3)4/h9-10,12-13,19-24,33H,7-8,11,14-18H2,1-6H3/t20?,21-,22-,23+,24?,28+,29+/m1/s1. The van der Waals surface area contributed by atoms with Gasteiger partial charge in [0, 0.05) is 30.4 Å². The van der Waals surface area contributed by atoms with Gasteiger partial charge >= 0.3 is 0 Å². The largest absolute Gasteiger partial charge is 0.394 e. The average Bonchev–Trinajstić information content (AvgIpc) is 3.11. The Hall–Kier alpha value is -1.80. The van der Waals surface area contributed by atoms with E-state index in [0.717, 1.165) is 19.3 Å². The second-order valence-electron chi connectivity index (χ2n) is 11.9. The molecule has 4 heterocycles. The molecule has 1 N–H and O–H groups in total. The van der Waals surface area contributed by atoms with Crippen molar-refractivity contribution in [2.75, 3.05) is 26.2 Å². The number of carbonyl (C=O) groups excluding carboxylic acids is 3. The van der Waals surface area contributed by atoms with Crippen LogP contribution in [0.4, 0.5) is 0 Å². The number of aliphatic hydroxyl groups excluding tert-OH is 1. The highest BCUT2D eigenvalue weighted by Crippen LogP contribution is 2.66. The van der Waals surface area contributed by atoms with Crippen molar-refractivity contribution in [3.05, 3.63) is 24.3 Å². The summed E-state index contributed by atoms with van der Waals surface area (Å²) in [4.78, 5) is 48.5. The van der Waals surface area contributed by atoms with E-state index in [0.29, 0.717) is 26.1 Å². The summed E-state index contributed by atoms with van der Waals surface area (Å²) < 4.78 is -1.44. The van der Waals surface area contributed by atoms with Gasteiger partial charge in [-0.2, -0.15) is 0 Å². The van der Waals surface area contributed by atoms with Crippen LogP contribution in [0.25, 0.3) is 0 Å². The summed E-state index contributed by atoms with van der Waals surface area (Å²) in [5, 5.41) is 10.5. The van der Waals surface area contributed by atoms with E-state index in [2.05, 4.69) is 59.8 Å². The van der Waals surface area contributed by atoms with E-state index in [1.54, 1.807) is 16.7 Å². The molecule has 0 radical (unpaired) electrons. The number of thioether (sulfide) groups is 1. The van der Waals surface area contributed by atoms with Crippen LogP contribution in [0.2, 0.25) is 0 Å². The van der Waals surface area contributed by atoms with Crippen molar-refractivity contribution in [2.24, 2.45) is 17.8 Å². The topological polar surface area (TPSA) is 81.2 Å². The summed E-state index contributed by atoms with van der Waals surface area (Å²) in [6, 6.07) is -1.16. The zero-order valence-electron chi connectivity index (χ0n) is 23.4. The monoisotopic (exact) mass is 531 g/mol. The van der Waals surface area contributed by atoms with Crippen molar-refractivity contribution in [3.63, 3.8) is 0 Å². The zero-order valence-corrected chi connectivity index (χ0v) is 24.2. The van der Waals surface area contributed by atoms with Crippen LogP contribution < -0.4 is 0 Å². The molecule has 3 amide bonds. The van der Waals surface area contributed by atoms with Gasteiger partial charge in [0.25, 0.3) is 0 Å². The molecule has 0 aromatic carbocycles. The lowest BCUT2D eigenvalue weighted by molar-refractivity contribution is -0.148. The second-order valence-corrected chi connectivity index (χ2v) is 13.7. The molecule has 7 atom stereocenters. The van der Waals surface area contributed by atoms with Gasteiger partial charge in [0.05, 0.1) is 29.2 Å². The van der Waals surface area contributed by atoms with Crippen LogP contribution in [0.1, 0.15) is 67.2 Å². The van der Waals surface area contributed by atoms with Gasteiger partial charge in [0.2, 0.25) is 17.7 Å². The summed E-state index contributed by atoms with van der Waals surface area (Å²) in [7, 11) is 0. The first-order valence-electron chi connectivity index (χ1n) is 14.1. The molecule has 0 bridgehead atoms. The molecule has 4 aliphatic heterocycles. The molecular weight excluding hydrogens is 486 g/mol. The maximum absolute atomic E-state index is 14.5. The molecule has 2 fully saturated rings. The first-order valence-corrected chi connectivity index (χ1v) is 15.0. The number of likely N-dealkylation sites (tertiary alicyclic amines) is 1. The van der Waals surface area contributed by atoms with Crippen LogP contribution in [-0.2, 0) is 14.4 Å². The van der Waals surface area contributed by atoms with Gasteiger partial charge in [-0.15, -0.1) is 11.8 Å². The van der Waals surface area contributed by atoms with E-state index in [-0.39, 0.29) is 36.3 Å². The van der Waals surface area contributed by atoms with Crippen molar-refractivity contribution in [3.8, 4) is 0 Å². The predicted octanol–water partition coefficient (Wildman–Crippen LogP) is 3.48. The molecule has 8 heteroatoms. The fourth-order valence-corrected chi connectivity index (χ4v) is 9.33. The van der Waals surface area contributed by atoms with Gasteiger partial charge in [0.15, 0.2) is 0 Å². The number of nitrogens with zero attached hydrogens (tertiary/aromatic N) is 3. The van der Waals surface area contributed by atoms with Crippen molar-refractivity contribution in [2.45, 2.75) is 94.8 Å². The quantitative estimate of drug-likeness (QED) is 0.461. The highest BCUT2D eigenvalue weighted by Gasteiger charge is 2.74. The minimum atomic E-state index is -0.853. The number of aliphatic hydroxyl groups is 1. The Kier molecular flexibility index (Phi) is 8.20. The minimum Gasteiger partial charge on any atom is -0.394 e. The average molecular weight is 532 g/mol. The molecule has 0 aliphatic carbocycles. The molecule has 1 spiro atoms. The fourth-order valence-electron chi connectivity index (χ4n) is 7.18. The number of carbonyl (C=O) groups is 3. The number of rotatable bonds is 9. The van der Waals surface area contributed by atoms with Crippen LogP contribution >= 0.6 is 11.8 Å².